The normalized spacial score (nSPS) is 16.8. The molecular formula is C43H48N2O11. The van der Waals surface area contributed by atoms with Crippen LogP contribution in [-0.2, 0) is 38.9 Å². The molecule has 56 heavy (non-hydrogen) atoms. The summed E-state index contributed by atoms with van der Waals surface area (Å²) in [5.41, 5.74) is 3.56. The van der Waals surface area contributed by atoms with Gasteiger partial charge < -0.3 is 38.5 Å². The average molecular weight is 769 g/mol. The van der Waals surface area contributed by atoms with Crippen LogP contribution in [0, 0.1) is 5.92 Å². The van der Waals surface area contributed by atoms with Crippen molar-refractivity contribution in [3.8, 4) is 23.0 Å². The third-order valence-electron chi connectivity index (χ3n) is 9.51. The van der Waals surface area contributed by atoms with Crippen molar-refractivity contribution in [1.82, 2.24) is 10.7 Å². The summed E-state index contributed by atoms with van der Waals surface area (Å²) in [6.45, 7) is 2.96. The van der Waals surface area contributed by atoms with Crippen LogP contribution in [0.15, 0.2) is 109 Å². The highest BCUT2D eigenvalue weighted by molar-refractivity contribution is 5.89. The van der Waals surface area contributed by atoms with E-state index in [1.165, 1.54) is 0 Å². The molecule has 13 nitrogen and oxygen atoms in total. The number of carbonyl (C=O) groups is 1. The Labute approximate surface area is 326 Å². The largest absolute Gasteiger partial charge is 0.513 e. The molecule has 0 bridgehead atoms. The van der Waals surface area contributed by atoms with Gasteiger partial charge in [-0.05, 0) is 64.5 Å². The van der Waals surface area contributed by atoms with Crippen LogP contribution in [0.3, 0.4) is 0 Å². The van der Waals surface area contributed by atoms with Crippen molar-refractivity contribution in [2.45, 2.75) is 38.3 Å². The van der Waals surface area contributed by atoms with Gasteiger partial charge >= 0.3 is 6.16 Å². The van der Waals surface area contributed by atoms with Crippen LogP contribution in [0.5, 0.6) is 23.0 Å². The fourth-order valence-corrected chi connectivity index (χ4v) is 6.84. The molecule has 3 atom stereocenters. The number of nitrogens with zero attached hydrogens (tertiary/aromatic N) is 1. The van der Waals surface area contributed by atoms with E-state index in [-0.39, 0.29) is 42.3 Å². The molecule has 1 aliphatic heterocycles. The van der Waals surface area contributed by atoms with Gasteiger partial charge in [0.25, 0.3) is 0 Å². The van der Waals surface area contributed by atoms with Gasteiger partial charge in [0.05, 0.1) is 65.4 Å². The van der Waals surface area contributed by atoms with Crippen LogP contribution in [0.25, 0.3) is 10.8 Å². The van der Waals surface area contributed by atoms with Crippen LogP contribution in [-0.4, -0.2) is 75.2 Å². The number of benzene rings is 5. The Morgan fingerprint density at radius 2 is 1.57 bits per heavy atom. The lowest BCUT2D eigenvalue weighted by Crippen LogP contribution is -2.48. The number of para-hydroxylation sites is 1. The van der Waals surface area contributed by atoms with Gasteiger partial charge in [0.15, 0.2) is 0 Å². The zero-order valence-corrected chi connectivity index (χ0v) is 31.5. The van der Waals surface area contributed by atoms with Gasteiger partial charge in [-0.3, -0.25) is 10.4 Å². The molecule has 0 spiro atoms. The number of carbonyl (C=O) groups excluding carboxylic acids is 1. The van der Waals surface area contributed by atoms with Gasteiger partial charge in [-0.2, -0.15) is 0 Å². The molecule has 1 aliphatic rings. The number of hydrogen-bond acceptors (Lipinski definition) is 13. The van der Waals surface area contributed by atoms with Crippen molar-refractivity contribution in [2.75, 3.05) is 47.1 Å². The Kier molecular flexibility index (Phi) is 14.9. The fraction of sp³-hybridized carbons (Fsp3) is 0.326. The third kappa shape index (κ3) is 11.4. The lowest BCUT2D eigenvalue weighted by Gasteiger charge is -2.38. The average Bonchev–Trinajstić information content (AvgIpc) is 3.22. The van der Waals surface area contributed by atoms with Gasteiger partial charge in [-0.15, -0.1) is 0 Å². The molecule has 0 amide bonds. The predicted octanol–water partition coefficient (Wildman–Crippen LogP) is 7.46. The van der Waals surface area contributed by atoms with E-state index in [1.807, 2.05) is 72.8 Å². The molecule has 3 N–H and O–H groups in total. The van der Waals surface area contributed by atoms with Gasteiger partial charge in [-0.1, -0.05) is 66.7 Å². The highest BCUT2D eigenvalue weighted by Crippen LogP contribution is 2.35. The molecule has 0 aromatic heterocycles. The first kappa shape index (κ1) is 40.4. The second kappa shape index (κ2) is 20.6. The highest BCUT2D eigenvalue weighted by Gasteiger charge is 2.36. The minimum atomic E-state index is -0.866. The lowest BCUT2D eigenvalue weighted by molar-refractivity contribution is -0.497. The summed E-state index contributed by atoms with van der Waals surface area (Å²) in [6.07, 6.45) is -0.403. The van der Waals surface area contributed by atoms with Crippen LogP contribution < -0.4 is 24.3 Å². The molecule has 5 aromatic carbocycles. The minimum absolute atomic E-state index is 0.0695. The maximum absolute atomic E-state index is 12.9. The van der Waals surface area contributed by atoms with E-state index in [1.54, 1.807) is 38.5 Å². The van der Waals surface area contributed by atoms with Crippen LogP contribution in [0.4, 0.5) is 4.79 Å². The highest BCUT2D eigenvalue weighted by atomic mass is 17.1. The summed E-state index contributed by atoms with van der Waals surface area (Å²) >= 11 is 0. The molecule has 3 unspecified atom stereocenters. The summed E-state index contributed by atoms with van der Waals surface area (Å²) in [4.78, 5) is 17.5. The molecule has 1 saturated heterocycles. The van der Waals surface area contributed by atoms with Crippen LogP contribution in [0.1, 0.15) is 34.6 Å². The predicted molar refractivity (Wildman–Crippen MR) is 206 cm³/mol. The molecule has 1 heterocycles. The number of piperidine rings is 1. The van der Waals surface area contributed by atoms with E-state index in [0.29, 0.717) is 45.1 Å². The van der Waals surface area contributed by atoms with Crippen molar-refractivity contribution >= 4 is 16.9 Å². The quantitative estimate of drug-likeness (QED) is 0.0331. The van der Waals surface area contributed by atoms with E-state index in [0.717, 1.165) is 51.1 Å². The third-order valence-corrected chi connectivity index (χ3v) is 9.51. The zero-order valence-electron chi connectivity index (χ0n) is 31.5. The fourth-order valence-electron chi connectivity index (χ4n) is 6.84. The standard InChI is InChI=1S/C43H48N2O11/c1-49-39-14-6-4-11-34(39)28-51-19-8-20-52-36-17-15-32(16-18-36)42-35(29-54-43(46)56-37-12-7-9-30(22-37)27-55-45(47)48)24-44-25-41(42)53-26-31-21-33-10-3-5-13-38(33)40(23-31)50-2/h3-7,9-18,21-23,35,41-42,44,47-48H,8,19-20,24-29H2,1-2H3. The van der Waals surface area contributed by atoms with Gasteiger partial charge in [-0.25, -0.2) is 9.63 Å². The van der Waals surface area contributed by atoms with Gasteiger partial charge in [0.2, 0.25) is 0 Å². The van der Waals surface area contributed by atoms with Crippen LogP contribution >= 0.6 is 0 Å². The molecule has 0 aliphatic carbocycles. The Bertz CT molecular complexity index is 1990. The Morgan fingerprint density at radius 3 is 2.39 bits per heavy atom. The summed E-state index contributed by atoms with van der Waals surface area (Å²) in [6, 6.07) is 34.5. The first-order chi connectivity index (χ1) is 27.4. The molecule has 0 radical (unpaired) electrons. The van der Waals surface area contributed by atoms with Crippen molar-refractivity contribution in [1.29, 1.82) is 0 Å². The molecule has 1 fully saturated rings. The topological polar surface area (TPSA) is 147 Å². The van der Waals surface area contributed by atoms with Gasteiger partial charge in [0, 0.05) is 42.3 Å². The second-order valence-electron chi connectivity index (χ2n) is 13.3. The maximum atomic E-state index is 12.9. The molecule has 0 saturated carbocycles. The first-order valence-electron chi connectivity index (χ1n) is 18.4. The van der Waals surface area contributed by atoms with Crippen molar-refractivity contribution < 1.29 is 53.2 Å². The zero-order chi connectivity index (χ0) is 39.1. The smallest absolute Gasteiger partial charge is 0.496 e. The van der Waals surface area contributed by atoms with E-state index in [4.69, 9.17) is 43.6 Å². The van der Waals surface area contributed by atoms with Crippen molar-refractivity contribution in [3.63, 3.8) is 0 Å². The molecule has 5 aromatic rings. The molecule has 13 heteroatoms. The Hall–Kier alpha value is -5.25. The minimum Gasteiger partial charge on any atom is -0.496 e. The molecule has 296 valence electrons. The second-order valence-corrected chi connectivity index (χ2v) is 13.3. The number of nitrogens with one attached hydrogen (secondary N) is 1. The number of ether oxygens (including phenoxy) is 7. The van der Waals surface area contributed by atoms with Crippen molar-refractivity contribution in [3.05, 3.63) is 131 Å². The van der Waals surface area contributed by atoms with E-state index in [2.05, 4.69) is 22.3 Å². The SMILES string of the molecule is COc1ccccc1COCCCOc1ccc(C2C(COC(=O)Oc3cccc(CON(O)O)c3)CNCC2OCc2cc(OC)c3ccccc3c2)cc1. The monoisotopic (exact) mass is 768 g/mol. The number of methoxy groups -OCH3 is 2. The summed E-state index contributed by atoms with van der Waals surface area (Å²) in [5.74, 6) is 2.26. The Balaban J connectivity index is 1.10. The molecule has 6 rings (SSSR count). The first-order valence-corrected chi connectivity index (χ1v) is 18.4. The maximum Gasteiger partial charge on any atom is 0.513 e. The molecular weight excluding hydrogens is 720 g/mol. The van der Waals surface area contributed by atoms with Crippen molar-refractivity contribution in [2.24, 2.45) is 5.92 Å². The Morgan fingerprint density at radius 1 is 0.768 bits per heavy atom. The summed E-state index contributed by atoms with van der Waals surface area (Å²) in [5, 5.41) is 22.9. The summed E-state index contributed by atoms with van der Waals surface area (Å²) in [7, 11) is 3.32. The van der Waals surface area contributed by atoms with E-state index < -0.39 is 6.16 Å². The lowest BCUT2D eigenvalue weighted by atomic mass is 9.79. The van der Waals surface area contributed by atoms with Crippen LogP contribution in [0.2, 0.25) is 0 Å². The number of hydrogen-bond donors (Lipinski definition) is 3. The van der Waals surface area contributed by atoms with E-state index in [9.17, 15) is 4.79 Å². The number of rotatable bonds is 19. The summed E-state index contributed by atoms with van der Waals surface area (Å²) < 4.78 is 40.8. The van der Waals surface area contributed by atoms with Gasteiger partial charge in [0.1, 0.15) is 23.0 Å². The number of fused-ring (bicyclic) bond motifs is 1. The van der Waals surface area contributed by atoms with E-state index >= 15 is 0 Å².